The first-order valence-corrected chi connectivity index (χ1v) is 9.61. The lowest BCUT2D eigenvalue weighted by molar-refractivity contribution is -0.122. The zero-order valence-electron chi connectivity index (χ0n) is 16.7. The third kappa shape index (κ3) is 5.78. The van der Waals surface area contributed by atoms with E-state index >= 15 is 0 Å². The van der Waals surface area contributed by atoms with Gasteiger partial charge < -0.3 is 10.1 Å². The highest BCUT2D eigenvalue weighted by atomic mass is 16.5. The third-order valence-electron chi connectivity index (χ3n) is 4.64. The zero-order valence-corrected chi connectivity index (χ0v) is 16.7. The number of methoxy groups -OCH3 is 1. The van der Waals surface area contributed by atoms with Crippen molar-refractivity contribution < 1.29 is 9.53 Å². The molecule has 0 fully saturated rings. The highest BCUT2D eigenvalue weighted by Gasteiger charge is 2.11. The van der Waals surface area contributed by atoms with Crippen molar-refractivity contribution in [3.63, 3.8) is 0 Å². The standard InChI is InChI=1S/C23H25N3O3/c1-17(11-12-18-7-4-3-5-8-18)24-22(27)16-26-23(28)14-13-21(25-26)19-9-6-10-20(15-19)29-2/h3-10,13-15,17H,11-12,16H2,1-2H3,(H,24,27)/t17-/m1/s1. The second-order valence-corrected chi connectivity index (χ2v) is 6.94. The van der Waals surface area contributed by atoms with E-state index in [0.717, 1.165) is 18.4 Å². The second-order valence-electron chi connectivity index (χ2n) is 6.94. The Bertz CT molecular complexity index is 1020. The Morgan fingerprint density at radius 2 is 1.90 bits per heavy atom. The van der Waals surface area contributed by atoms with Crippen LogP contribution in [-0.4, -0.2) is 28.8 Å². The van der Waals surface area contributed by atoms with Crippen LogP contribution >= 0.6 is 0 Å². The van der Waals surface area contributed by atoms with Crippen LogP contribution in [0.4, 0.5) is 0 Å². The summed E-state index contributed by atoms with van der Waals surface area (Å²) < 4.78 is 6.42. The van der Waals surface area contributed by atoms with Crippen molar-refractivity contribution in [2.24, 2.45) is 0 Å². The van der Waals surface area contributed by atoms with Gasteiger partial charge in [0.25, 0.3) is 5.56 Å². The van der Waals surface area contributed by atoms with Gasteiger partial charge in [-0.2, -0.15) is 5.10 Å². The molecule has 150 valence electrons. The quantitative estimate of drug-likeness (QED) is 0.641. The highest BCUT2D eigenvalue weighted by molar-refractivity contribution is 5.76. The fourth-order valence-corrected chi connectivity index (χ4v) is 3.06. The molecule has 0 aliphatic carbocycles. The molecule has 3 aromatic rings. The van der Waals surface area contributed by atoms with Crippen LogP contribution < -0.4 is 15.6 Å². The van der Waals surface area contributed by atoms with Crippen molar-refractivity contribution in [1.29, 1.82) is 0 Å². The number of benzene rings is 2. The number of nitrogens with zero attached hydrogens (tertiary/aromatic N) is 2. The lowest BCUT2D eigenvalue weighted by Crippen LogP contribution is -2.38. The van der Waals surface area contributed by atoms with E-state index in [9.17, 15) is 9.59 Å². The molecule has 0 radical (unpaired) electrons. The average Bonchev–Trinajstić information content (AvgIpc) is 2.74. The molecule has 29 heavy (non-hydrogen) atoms. The number of hydrogen-bond acceptors (Lipinski definition) is 4. The predicted octanol–water partition coefficient (Wildman–Crippen LogP) is 3.06. The molecule has 1 N–H and O–H groups in total. The van der Waals surface area contributed by atoms with Crippen LogP contribution in [0.25, 0.3) is 11.3 Å². The minimum atomic E-state index is -0.316. The van der Waals surface area contributed by atoms with E-state index in [-0.39, 0.29) is 24.1 Å². The molecule has 6 heteroatoms. The Kier molecular flexibility index (Phi) is 6.79. The molecular formula is C23H25N3O3. The Balaban J connectivity index is 1.63. The van der Waals surface area contributed by atoms with Gasteiger partial charge in [-0.1, -0.05) is 42.5 Å². The van der Waals surface area contributed by atoms with E-state index in [1.807, 2.05) is 49.4 Å². The lowest BCUT2D eigenvalue weighted by atomic mass is 10.1. The van der Waals surface area contributed by atoms with Gasteiger partial charge in [-0.05, 0) is 43.5 Å². The molecule has 0 spiro atoms. The van der Waals surface area contributed by atoms with Gasteiger partial charge in [0.1, 0.15) is 12.3 Å². The van der Waals surface area contributed by atoms with Gasteiger partial charge in [-0.3, -0.25) is 9.59 Å². The van der Waals surface area contributed by atoms with Crippen molar-refractivity contribution in [3.05, 3.63) is 82.6 Å². The molecule has 1 amide bonds. The molecule has 1 heterocycles. The Morgan fingerprint density at radius 1 is 1.10 bits per heavy atom. The summed E-state index contributed by atoms with van der Waals surface area (Å²) in [5.41, 5.74) is 2.34. The maximum absolute atomic E-state index is 12.4. The molecule has 1 aromatic heterocycles. The summed E-state index contributed by atoms with van der Waals surface area (Å²) in [6.07, 6.45) is 1.70. The summed E-state index contributed by atoms with van der Waals surface area (Å²) in [6, 6.07) is 20.6. The monoisotopic (exact) mass is 391 g/mol. The van der Waals surface area contributed by atoms with Gasteiger partial charge in [0.15, 0.2) is 0 Å². The van der Waals surface area contributed by atoms with Crippen LogP contribution in [0, 0.1) is 0 Å². The van der Waals surface area contributed by atoms with Crippen molar-refractivity contribution in [2.75, 3.05) is 7.11 Å². The summed E-state index contributed by atoms with van der Waals surface area (Å²) in [7, 11) is 1.59. The number of aryl methyl sites for hydroxylation is 1. The topological polar surface area (TPSA) is 73.2 Å². The first-order chi connectivity index (χ1) is 14.0. The minimum Gasteiger partial charge on any atom is -0.497 e. The van der Waals surface area contributed by atoms with Gasteiger partial charge in [0.2, 0.25) is 5.91 Å². The number of hydrogen-bond donors (Lipinski definition) is 1. The fourth-order valence-electron chi connectivity index (χ4n) is 3.06. The van der Waals surface area contributed by atoms with Crippen molar-refractivity contribution in [1.82, 2.24) is 15.1 Å². The fraction of sp³-hybridized carbons (Fsp3) is 0.261. The van der Waals surface area contributed by atoms with Gasteiger partial charge in [0, 0.05) is 17.7 Å². The SMILES string of the molecule is COc1cccc(-c2ccc(=O)n(CC(=O)N[C@H](C)CCc3ccccc3)n2)c1. The van der Waals surface area contributed by atoms with Gasteiger partial charge >= 0.3 is 0 Å². The molecule has 0 aliphatic heterocycles. The first-order valence-electron chi connectivity index (χ1n) is 9.61. The summed E-state index contributed by atoms with van der Waals surface area (Å²) in [5.74, 6) is 0.468. The van der Waals surface area contributed by atoms with Gasteiger partial charge in [-0.25, -0.2) is 4.68 Å². The Labute approximate surface area is 170 Å². The molecule has 2 aromatic carbocycles. The normalized spacial score (nSPS) is 11.7. The van der Waals surface area contributed by atoms with Crippen LogP contribution in [0.5, 0.6) is 5.75 Å². The van der Waals surface area contributed by atoms with E-state index in [0.29, 0.717) is 11.4 Å². The molecule has 0 saturated heterocycles. The summed E-state index contributed by atoms with van der Waals surface area (Å²) >= 11 is 0. The molecule has 6 nitrogen and oxygen atoms in total. The summed E-state index contributed by atoms with van der Waals surface area (Å²) in [4.78, 5) is 24.6. The number of ether oxygens (including phenoxy) is 1. The largest absolute Gasteiger partial charge is 0.497 e. The number of aromatic nitrogens is 2. The average molecular weight is 391 g/mol. The molecule has 0 unspecified atom stereocenters. The maximum Gasteiger partial charge on any atom is 0.267 e. The smallest absolute Gasteiger partial charge is 0.267 e. The first kappa shape index (κ1) is 20.3. The highest BCUT2D eigenvalue weighted by Crippen LogP contribution is 2.21. The Morgan fingerprint density at radius 3 is 2.66 bits per heavy atom. The zero-order chi connectivity index (χ0) is 20.6. The van der Waals surface area contributed by atoms with Gasteiger partial charge in [0.05, 0.1) is 12.8 Å². The minimum absolute atomic E-state index is 0.0000229. The summed E-state index contributed by atoms with van der Waals surface area (Å²) in [5, 5.41) is 7.29. The van der Waals surface area contributed by atoms with Crippen LogP contribution in [0.1, 0.15) is 18.9 Å². The third-order valence-corrected chi connectivity index (χ3v) is 4.64. The van der Waals surface area contributed by atoms with E-state index in [2.05, 4.69) is 22.5 Å². The van der Waals surface area contributed by atoms with Crippen molar-refractivity contribution >= 4 is 5.91 Å². The second kappa shape index (κ2) is 9.68. The van der Waals surface area contributed by atoms with E-state index in [1.54, 1.807) is 13.2 Å². The molecule has 0 aliphatic rings. The van der Waals surface area contributed by atoms with E-state index < -0.39 is 0 Å². The van der Waals surface area contributed by atoms with Crippen LogP contribution in [-0.2, 0) is 17.8 Å². The van der Waals surface area contributed by atoms with Gasteiger partial charge in [-0.15, -0.1) is 0 Å². The van der Waals surface area contributed by atoms with E-state index in [1.165, 1.54) is 16.3 Å². The van der Waals surface area contributed by atoms with Crippen LogP contribution in [0.2, 0.25) is 0 Å². The number of nitrogens with one attached hydrogen (secondary N) is 1. The van der Waals surface area contributed by atoms with Crippen molar-refractivity contribution in [3.8, 4) is 17.0 Å². The molecule has 0 bridgehead atoms. The number of amides is 1. The Hall–Kier alpha value is -3.41. The molecule has 0 saturated carbocycles. The molecule has 1 atom stereocenters. The predicted molar refractivity (Wildman–Crippen MR) is 113 cm³/mol. The maximum atomic E-state index is 12.4. The number of rotatable bonds is 8. The lowest BCUT2D eigenvalue weighted by Gasteiger charge is -2.14. The van der Waals surface area contributed by atoms with E-state index in [4.69, 9.17) is 4.74 Å². The number of carbonyl (C=O) groups excluding carboxylic acids is 1. The number of carbonyl (C=O) groups is 1. The van der Waals surface area contributed by atoms with Crippen LogP contribution in [0.3, 0.4) is 0 Å². The summed E-state index contributed by atoms with van der Waals surface area (Å²) in [6.45, 7) is 1.84. The van der Waals surface area contributed by atoms with Crippen LogP contribution in [0.15, 0.2) is 71.5 Å². The molecule has 3 rings (SSSR count). The van der Waals surface area contributed by atoms with Crippen molar-refractivity contribution in [2.45, 2.75) is 32.4 Å². The molecular weight excluding hydrogens is 366 g/mol.